The first-order valence-corrected chi connectivity index (χ1v) is 8.63. The van der Waals surface area contributed by atoms with E-state index in [1.807, 2.05) is 0 Å². The van der Waals surface area contributed by atoms with Crippen LogP contribution in [0.4, 0.5) is 0 Å². The zero-order chi connectivity index (χ0) is 18.2. The minimum Gasteiger partial charge on any atom is -0.472 e. The molecule has 2 atom stereocenters. The molecule has 9 heteroatoms. The molecule has 0 bridgehead atoms. The first-order chi connectivity index (χ1) is 12.0. The summed E-state index contributed by atoms with van der Waals surface area (Å²) in [6.45, 7) is 3.00. The Hall–Kier alpha value is -2.06. The molecule has 1 aromatic rings. The molecule has 0 aromatic carbocycles. The summed E-state index contributed by atoms with van der Waals surface area (Å²) in [6, 6.07) is 0.836. The molecule has 2 rings (SSSR count). The number of nitrogens with one attached hydrogen (secondary N) is 2. The van der Waals surface area contributed by atoms with E-state index in [9.17, 15) is 14.4 Å². The third kappa shape index (κ3) is 6.03. The number of hydrogen-bond donors (Lipinski definition) is 3. The van der Waals surface area contributed by atoms with Crippen molar-refractivity contribution in [2.75, 3.05) is 19.6 Å². The Morgan fingerprint density at radius 2 is 2.15 bits per heavy atom. The molecule has 3 amide bonds. The lowest BCUT2D eigenvalue weighted by Crippen LogP contribution is -2.55. The number of carbonyl (C=O) groups is 3. The molecule has 0 spiro atoms. The van der Waals surface area contributed by atoms with Crippen LogP contribution in [0.15, 0.2) is 23.0 Å². The minimum absolute atomic E-state index is 0. The van der Waals surface area contributed by atoms with Crippen molar-refractivity contribution in [2.24, 2.45) is 5.73 Å². The van der Waals surface area contributed by atoms with Crippen molar-refractivity contribution in [1.29, 1.82) is 0 Å². The second-order valence-electron chi connectivity index (χ2n) is 6.23. The summed E-state index contributed by atoms with van der Waals surface area (Å²) in [5, 5.41) is 5.52. The summed E-state index contributed by atoms with van der Waals surface area (Å²) in [6.07, 6.45) is 5.78. The number of amides is 3. The Balaban J connectivity index is 0.00000338. The molecule has 1 aromatic heterocycles. The van der Waals surface area contributed by atoms with Gasteiger partial charge >= 0.3 is 0 Å². The van der Waals surface area contributed by atoms with Crippen molar-refractivity contribution in [3.8, 4) is 0 Å². The van der Waals surface area contributed by atoms with Crippen molar-refractivity contribution in [2.45, 2.75) is 44.7 Å². The monoisotopic (exact) mass is 386 g/mol. The molecule has 2 heterocycles. The zero-order valence-electron chi connectivity index (χ0n) is 14.9. The van der Waals surface area contributed by atoms with Gasteiger partial charge in [0.15, 0.2) is 0 Å². The molecule has 2 unspecified atom stereocenters. The van der Waals surface area contributed by atoms with Crippen molar-refractivity contribution < 1.29 is 18.8 Å². The average Bonchev–Trinajstić information content (AvgIpc) is 3.14. The molecule has 4 N–H and O–H groups in total. The van der Waals surface area contributed by atoms with Crippen LogP contribution in [0, 0.1) is 0 Å². The van der Waals surface area contributed by atoms with E-state index in [-0.39, 0.29) is 42.6 Å². The van der Waals surface area contributed by atoms with Gasteiger partial charge in [-0.05, 0) is 32.3 Å². The molecule has 1 fully saturated rings. The van der Waals surface area contributed by atoms with Crippen LogP contribution >= 0.6 is 12.4 Å². The van der Waals surface area contributed by atoms with Gasteiger partial charge in [-0.15, -0.1) is 12.4 Å². The molecule has 0 radical (unpaired) electrons. The molecule has 1 aliphatic rings. The Kier molecular flexibility index (Phi) is 9.15. The van der Waals surface area contributed by atoms with Gasteiger partial charge in [-0.1, -0.05) is 0 Å². The Morgan fingerprint density at radius 3 is 2.81 bits per heavy atom. The topological polar surface area (TPSA) is 118 Å². The SMILES string of the molecule is CC(NC(=O)c1ccoc1)C(=O)N1CCCCC1CNC(=O)CCN.Cl. The maximum Gasteiger partial charge on any atom is 0.255 e. The van der Waals surface area contributed by atoms with E-state index in [1.165, 1.54) is 12.5 Å². The standard InChI is InChI=1S/C17H26N4O4.ClH/c1-12(20-16(23)13-6-9-25-11-13)17(24)21-8-3-2-4-14(21)10-19-15(22)5-7-18;/h6,9,11-12,14H,2-5,7-8,10,18H2,1H3,(H,19,22)(H,20,23);1H. The van der Waals surface area contributed by atoms with Gasteiger partial charge in [-0.2, -0.15) is 0 Å². The van der Waals surface area contributed by atoms with E-state index in [2.05, 4.69) is 10.6 Å². The summed E-state index contributed by atoms with van der Waals surface area (Å²) < 4.78 is 4.88. The highest BCUT2D eigenvalue weighted by Crippen LogP contribution is 2.18. The van der Waals surface area contributed by atoms with E-state index in [4.69, 9.17) is 10.2 Å². The number of nitrogens with zero attached hydrogens (tertiary/aromatic N) is 1. The number of carbonyl (C=O) groups excluding carboxylic acids is 3. The summed E-state index contributed by atoms with van der Waals surface area (Å²) in [7, 11) is 0. The normalized spacial score (nSPS) is 17.8. The van der Waals surface area contributed by atoms with Gasteiger partial charge in [-0.3, -0.25) is 14.4 Å². The maximum absolute atomic E-state index is 12.7. The highest BCUT2D eigenvalue weighted by molar-refractivity contribution is 5.97. The summed E-state index contributed by atoms with van der Waals surface area (Å²) in [5.74, 6) is -0.601. The van der Waals surface area contributed by atoms with Gasteiger partial charge in [0, 0.05) is 32.1 Å². The smallest absolute Gasteiger partial charge is 0.255 e. The summed E-state index contributed by atoms with van der Waals surface area (Å²) in [4.78, 5) is 38.2. The van der Waals surface area contributed by atoms with Crippen LogP contribution in [-0.4, -0.2) is 54.3 Å². The number of nitrogens with two attached hydrogens (primary N) is 1. The fourth-order valence-corrected chi connectivity index (χ4v) is 2.94. The predicted molar refractivity (Wildman–Crippen MR) is 98.9 cm³/mol. The fraction of sp³-hybridized carbons (Fsp3) is 0.588. The molecular formula is C17H27ClN4O4. The highest BCUT2D eigenvalue weighted by atomic mass is 35.5. The van der Waals surface area contributed by atoms with Crippen molar-refractivity contribution >= 4 is 30.1 Å². The molecule has 0 aliphatic carbocycles. The first kappa shape index (κ1) is 22.0. The van der Waals surface area contributed by atoms with Crippen LogP contribution in [0.25, 0.3) is 0 Å². The maximum atomic E-state index is 12.7. The van der Waals surface area contributed by atoms with Crippen molar-refractivity contribution in [1.82, 2.24) is 15.5 Å². The number of halogens is 1. The van der Waals surface area contributed by atoms with E-state index in [1.54, 1.807) is 17.9 Å². The van der Waals surface area contributed by atoms with Crippen LogP contribution in [0.1, 0.15) is 43.0 Å². The first-order valence-electron chi connectivity index (χ1n) is 8.63. The van der Waals surface area contributed by atoms with Gasteiger partial charge in [0.05, 0.1) is 11.8 Å². The Labute approximate surface area is 159 Å². The molecule has 26 heavy (non-hydrogen) atoms. The molecule has 1 saturated heterocycles. The van der Waals surface area contributed by atoms with Crippen molar-refractivity contribution in [3.05, 3.63) is 24.2 Å². The van der Waals surface area contributed by atoms with Crippen molar-refractivity contribution in [3.63, 3.8) is 0 Å². The van der Waals surface area contributed by atoms with E-state index in [0.29, 0.717) is 25.2 Å². The van der Waals surface area contributed by atoms with Gasteiger partial charge in [0.1, 0.15) is 12.3 Å². The van der Waals surface area contributed by atoms with Crippen LogP contribution in [0.5, 0.6) is 0 Å². The van der Waals surface area contributed by atoms with Crippen LogP contribution in [0.3, 0.4) is 0 Å². The molecule has 0 saturated carbocycles. The van der Waals surface area contributed by atoms with Gasteiger partial charge in [0.25, 0.3) is 5.91 Å². The lowest BCUT2D eigenvalue weighted by molar-refractivity contribution is -0.137. The van der Waals surface area contributed by atoms with Gasteiger partial charge in [-0.25, -0.2) is 0 Å². The quantitative estimate of drug-likeness (QED) is 0.636. The van der Waals surface area contributed by atoms with E-state index in [0.717, 1.165) is 19.3 Å². The third-order valence-corrected chi connectivity index (χ3v) is 4.32. The third-order valence-electron chi connectivity index (χ3n) is 4.32. The Bertz CT molecular complexity index is 594. The van der Waals surface area contributed by atoms with Gasteiger partial charge < -0.3 is 25.7 Å². The zero-order valence-corrected chi connectivity index (χ0v) is 15.7. The van der Waals surface area contributed by atoms with Crippen LogP contribution < -0.4 is 16.4 Å². The highest BCUT2D eigenvalue weighted by Gasteiger charge is 2.30. The van der Waals surface area contributed by atoms with Gasteiger partial charge in [0.2, 0.25) is 11.8 Å². The predicted octanol–water partition coefficient (Wildman–Crippen LogP) is 0.666. The lowest BCUT2D eigenvalue weighted by atomic mass is 10.0. The number of furan rings is 1. The Morgan fingerprint density at radius 1 is 1.38 bits per heavy atom. The van der Waals surface area contributed by atoms with E-state index < -0.39 is 6.04 Å². The van der Waals surface area contributed by atoms with E-state index >= 15 is 0 Å². The van der Waals surface area contributed by atoms with Crippen LogP contribution in [-0.2, 0) is 9.59 Å². The fourth-order valence-electron chi connectivity index (χ4n) is 2.94. The minimum atomic E-state index is -0.650. The molecule has 1 aliphatic heterocycles. The number of piperidine rings is 1. The molecule has 8 nitrogen and oxygen atoms in total. The average molecular weight is 387 g/mol. The lowest BCUT2D eigenvalue weighted by Gasteiger charge is -2.37. The summed E-state index contributed by atoms with van der Waals surface area (Å²) in [5.41, 5.74) is 5.75. The largest absolute Gasteiger partial charge is 0.472 e. The van der Waals surface area contributed by atoms with Crippen LogP contribution in [0.2, 0.25) is 0 Å². The summed E-state index contributed by atoms with van der Waals surface area (Å²) >= 11 is 0. The number of hydrogen-bond acceptors (Lipinski definition) is 5. The number of likely N-dealkylation sites (tertiary alicyclic amines) is 1. The second kappa shape index (κ2) is 10.8. The molecule has 146 valence electrons. The molecular weight excluding hydrogens is 360 g/mol. The second-order valence-corrected chi connectivity index (χ2v) is 6.23. The number of rotatable bonds is 7.